The number of amides is 4. The highest BCUT2D eigenvalue weighted by atomic mass is 16.2. The van der Waals surface area contributed by atoms with E-state index in [1.54, 1.807) is 17.0 Å². The fourth-order valence-corrected chi connectivity index (χ4v) is 4.04. The summed E-state index contributed by atoms with van der Waals surface area (Å²) >= 11 is 0. The smallest absolute Gasteiger partial charge is 0.321 e. The summed E-state index contributed by atoms with van der Waals surface area (Å²) in [5, 5.41) is 8.92. The summed E-state index contributed by atoms with van der Waals surface area (Å²) in [6, 6.07) is 14.2. The van der Waals surface area contributed by atoms with Crippen molar-refractivity contribution >= 4 is 23.5 Å². The Morgan fingerprint density at radius 1 is 0.912 bits per heavy atom. The predicted octanol–water partition coefficient (Wildman–Crippen LogP) is 4.26. The Kier molecular flexibility index (Phi) is 8.68. The number of nitrogens with zero attached hydrogens (tertiary/aromatic N) is 1. The van der Waals surface area contributed by atoms with Gasteiger partial charge in [-0.2, -0.15) is 0 Å². The van der Waals surface area contributed by atoms with Crippen LogP contribution in [0.4, 0.5) is 10.5 Å². The maximum atomic E-state index is 13.1. The predicted molar refractivity (Wildman–Crippen MR) is 135 cm³/mol. The largest absolute Gasteiger partial charge is 0.352 e. The molecule has 0 bridgehead atoms. The van der Waals surface area contributed by atoms with Gasteiger partial charge in [0, 0.05) is 30.4 Å². The molecule has 182 valence electrons. The van der Waals surface area contributed by atoms with E-state index in [1.807, 2.05) is 64.1 Å². The molecular formula is C27H36N4O3. The van der Waals surface area contributed by atoms with Crippen molar-refractivity contribution in [1.82, 2.24) is 15.5 Å². The van der Waals surface area contributed by atoms with Crippen LogP contribution in [0.1, 0.15) is 54.6 Å². The third kappa shape index (κ3) is 6.83. The highest BCUT2D eigenvalue weighted by Crippen LogP contribution is 2.23. The minimum absolute atomic E-state index is 0.0200. The lowest BCUT2D eigenvalue weighted by atomic mass is 9.88. The lowest BCUT2D eigenvalue weighted by Crippen LogP contribution is -2.55. The number of benzene rings is 2. The van der Waals surface area contributed by atoms with E-state index in [2.05, 4.69) is 16.0 Å². The van der Waals surface area contributed by atoms with Gasteiger partial charge in [0.05, 0.1) is 0 Å². The number of hydrogen-bond acceptors (Lipinski definition) is 3. The van der Waals surface area contributed by atoms with E-state index in [1.165, 1.54) is 0 Å². The summed E-state index contributed by atoms with van der Waals surface area (Å²) in [7, 11) is 0. The van der Waals surface area contributed by atoms with E-state index >= 15 is 0 Å². The fourth-order valence-electron chi connectivity index (χ4n) is 4.04. The minimum Gasteiger partial charge on any atom is -0.352 e. The molecule has 7 nitrogen and oxygen atoms in total. The molecule has 1 fully saturated rings. The van der Waals surface area contributed by atoms with Crippen molar-refractivity contribution in [3.05, 3.63) is 65.2 Å². The van der Waals surface area contributed by atoms with E-state index < -0.39 is 6.04 Å². The van der Waals surface area contributed by atoms with Crippen molar-refractivity contribution in [3.63, 3.8) is 0 Å². The lowest BCUT2D eigenvalue weighted by molar-refractivity contribution is -0.125. The Morgan fingerprint density at radius 2 is 1.47 bits per heavy atom. The number of carbonyl (C=O) groups excluding carboxylic acids is 3. The number of aryl methyl sites for hydroxylation is 2. The Morgan fingerprint density at radius 3 is 2.03 bits per heavy atom. The quantitative estimate of drug-likeness (QED) is 0.572. The van der Waals surface area contributed by atoms with Gasteiger partial charge in [-0.1, -0.05) is 42.3 Å². The van der Waals surface area contributed by atoms with Gasteiger partial charge >= 0.3 is 6.03 Å². The molecular weight excluding hydrogens is 428 g/mol. The van der Waals surface area contributed by atoms with E-state index in [9.17, 15) is 14.4 Å². The molecule has 7 heteroatoms. The molecule has 2 aromatic carbocycles. The van der Waals surface area contributed by atoms with Crippen LogP contribution in [0.25, 0.3) is 0 Å². The van der Waals surface area contributed by atoms with Gasteiger partial charge in [-0.15, -0.1) is 0 Å². The van der Waals surface area contributed by atoms with Crippen LogP contribution < -0.4 is 16.0 Å². The molecule has 3 N–H and O–H groups in total. The molecule has 34 heavy (non-hydrogen) atoms. The number of anilines is 1. The zero-order valence-electron chi connectivity index (χ0n) is 20.6. The second-order valence-electron chi connectivity index (χ2n) is 9.26. The van der Waals surface area contributed by atoms with Gasteiger partial charge in [0.15, 0.2) is 0 Å². The number of piperidine rings is 1. The number of likely N-dealkylation sites (tertiary alicyclic amines) is 1. The SMILES string of the molecule is CC[C@@H](C)NC(=O)[C@H](NC(=O)c1ccc(C)cc1)C1CCN(C(=O)Nc2ccc(C)cc2)CC1. The van der Waals surface area contributed by atoms with Crippen LogP contribution in [0.15, 0.2) is 48.5 Å². The molecule has 4 amide bonds. The van der Waals surface area contributed by atoms with E-state index in [0.29, 0.717) is 31.5 Å². The number of carbonyl (C=O) groups is 3. The number of nitrogens with one attached hydrogen (secondary N) is 3. The van der Waals surface area contributed by atoms with E-state index in [0.717, 1.165) is 23.2 Å². The Balaban J connectivity index is 1.64. The van der Waals surface area contributed by atoms with Gasteiger partial charge in [0.2, 0.25) is 5.91 Å². The fraction of sp³-hybridized carbons (Fsp3) is 0.444. The molecule has 0 aliphatic carbocycles. The monoisotopic (exact) mass is 464 g/mol. The summed E-state index contributed by atoms with van der Waals surface area (Å²) in [4.78, 5) is 40.5. The van der Waals surface area contributed by atoms with Gasteiger partial charge in [0.1, 0.15) is 6.04 Å². The molecule has 1 aliphatic rings. The van der Waals surface area contributed by atoms with Gasteiger partial charge in [-0.3, -0.25) is 9.59 Å². The number of rotatable bonds is 7. The zero-order valence-corrected chi connectivity index (χ0v) is 20.6. The van der Waals surface area contributed by atoms with E-state index in [-0.39, 0.29) is 29.8 Å². The second-order valence-corrected chi connectivity index (χ2v) is 9.26. The first-order valence-corrected chi connectivity index (χ1v) is 12.1. The molecule has 0 aromatic heterocycles. The average molecular weight is 465 g/mol. The molecule has 2 aromatic rings. The Hall–Kier alpha value is -3.35. The third-order valence-electron chi connectivity index (χ3n) is 6.48. The van der Waals surface area contributed by atoms with Gasteiger partial charge < -0.3 is 20.9 Å². The topological polar surface area (TPSA) is 90.5 Å². The van der Waals surface area contributed by atoms with Crippen molar-refractivity contribution in [2.45, 2.75) is 59.0 Å². The molecule has 0 unspecified atom stereocenters. The summed E-state index contributed by atoms with van der Waals surface area (Å²) in [6.45, 7) is 8.98. The summed E-state index contributed by atoms with van der Waals surface area (Å²) < 4.78 is 0. The van der Waals surface area contributed by atoms with Crippen molar-refractivity contribution in [2.24, 2.45) is 5.92 Å². The normalized spacial score (nSPS) is 15.8. The van der Waals surface area contributed by atoms with Crippen LogP contribution in [0, 0.1) is 19.8 Å². The van der Waals surface area contributed by atoms with Crippen molar-refractivity contribution < 1.29 is 14.4 Å². The van der Waals surface area contributed by atoms with E-state index in [4.69, 9.17) is 0 Å². The molecule has 0 saturated carbocycles. The van der Waals surface area contributed by atoms with Gasteiger partial charge in [0.25, 0.3) is 5.91 Å². The molecule has 0 radical (unpaired) electrons. The molecule has 2 atom stereocenters. The van der Waals surface area contributed by atoms with Crippen LogP contribution in [-0.2, 0) is 4.79 Å². The van der Waals surface area contributed by atoms with Crippen molar-refractivity contribution in [1.29, 1.82) is 0 Å². The molecule has 1 heterocycles. The first kappa shape index (κ1) is 25.3. The lowest BCUT2D eigenvalue weighted by Gasteiger charge is -2.36. The van der Waals surface area contributed by atoms with Gasteiger partial charge in [-0.05, 0) is 70.2 Å². The number of hydrogen-bond donors (Lipinski definition) is 3. The maximum absolute atomic E-state index is 13.1. The molecule has 3 rings (SSSR count). The van der Waals surface area contributed by atoms with Crippen molar-refractivity contribution in [3.8, 4) is 0 Å². The third-order valence-corrected chi connectivity index (χ3v) is 6.48. The minimum atomic E-state index is -0.648. The molecule has 0 spiro atoms. The van der Waals surface area contributed by atoms with Crippen molar-refractivity contribution in [2.75, 3.05) is 18.4 Å². The average Bonchev–Trinajstić information content (AvgIpc) is 2.84. The van der Waals surface area contributed by atoms with Crippen LogP contribution in [0.2, 0.25) is 0 Å². The van der Waals surface area contributed by atoms with Crippen LogP contribution in [0.3, 0.4) is 0 Å². The zero-order chi connectivity index (χ0) is 24.7. The first-order chi connectivity index (χ1) is 16.3. The Bertz CT molecular complexity index is 980. The summed E-state index contributed by atoms with van der Waals surface area (Å²) in [5.74, 6) is -0.483. The molecule has 1 aliphatic heterocycles. The maximum Gasteiger partial charge on any atom is 0.321 e. The standard InChI is InChI=1S/C27H36N4O3/c1-5-20(4)28-26(33)24(30-25(32)22-10-6-18(2)7-11-22)21-14-16-31(17-15-21)27(34)29-23-12-8-19(3)9-13-23/h6-13,20-21,24H,5,14-17H2,1-4H3,(H,28,33)(H,29,34)(H,30,32)/t20-,24-/m1/s1. The first-order valence-electron chi connectivity index (χ1n) is 12.1. The van der Waals surface area contributed by atoms with Crippen LogP contribution >= 0.6 is 0 Å². The summed E-state index contributed by atoms with van der Waals surface area (Å²) in [5.41, 5.74) is 3.49. The Labute approximate surface area is 202 Å². The van der Waals surface area contributed by atoms with Crippen LogP contribution in [-0.4, -0.2) is 47.9 Å². The number of urea groups is 1. The van der Waals surface area contributed by atoms with Crippen LogP contribution in [0.5, 0.6) is 0 Å². The summed E-state index contributed by atoms with van der Waals surface area (Å²) in [6.07, 6.45) is 2.07. The highest BCUT2D eigenvalue weighted by Gasteiger charge is 2.34. The van der Waals surface area contributed by atoms with Gasteiger partial charge in [-0.25, -0.2) is 4.79 Å². The highest BCUT2D eigenvalue weighted by molar-refractivity contribution is 5.97. The molecule has 1 saturated heterocycles. The second kappa shape index (κ2) is 11.7.